The van der Waals surface area contributed by atoms with Crippen molar-refractivity contribution in [1.82, 2.24) is 4.98 Å². The van der Waals surface area contributed by atoms with E-state index in [9.17, 15) is 4.79 Å². The Labute approximate surface area is 174 Å². The van der Waals surface area contributed by atoms with Gasteiger partial charge in [-0.2, -0.15) is 0 Å². The Bertz CT molecular complexity index is 1430. The Morgan fingerprint density at radius 1 is 0.833 bits per heavy atom. The number of fused-ring (bicyclic) bond motifs is 4. The molecule has 0 saturated heterocycles. The molecular formula is C26H20N2O2. The molecular weight excluding hydrogens is 372 g/mol. The zero-order valence-electron chi connectivity index (χ0n) is 16.8. The molecule has 0 bridgehead atoms. The van der Waals surface area contributed by atoms with E-state index in [4.69, 9.17) is 9.40 Å². The number of benzene rings is 4. The Balaban J connectivity index is 1.55. The maximum atomic E-state index is 12.4. The number of hydrogen-bond acceptors (Lipinski definition) is 4. The van der Waals surface area contributed by atoms with E-state index in [-0.39, 0.29) is 5.43 Å². The molecule has 0 fully saturated rings. The van der Waals surface area contributed by atoms with Gasteiger partial charge >= 0.3 is 0 Å². The molecule has 146 valence electrons. The highest BCUT2D eigenvalue weighted by molar-refractivity contribution is 5.96. The maximum absolute atomic E-state index is 12.4. The van der Waals surface area contributed by atoms with Crippen molar-refractivity contribution in [2.24, 2.45) is 0 Å². The Hall–Kier alpha value is -3.92. The van der Waals surface area contributed by atoms with E-state index in [0.29, 0.717) is 22.4 Å². The minimum absolute atomic E-state index is 0.0554. The van der Waals surface area contributed by atoms with Gasteiger partial charge in [0.25, 0.3) is 0 Å². The molecule has 0 amide bonds. The van der Waals surface area contributed by atoms with Gasteiger partial charge in [0.15, 0.2) is 16.8 Å². The van der Waals surface area contributed by atoms with Crippen molar-refractivity contribution in [3.63, 3.8) is 0 Å². The van der Waals surface area contributed by atoms with E-state index < -0.39 is 0 Å². The van der Waals surface area contributed by atoms with Crippen LogP contribution in [0.4, 0.5) is 5.69 Å². The summed E-state index contributed by atoms with van der Waals surface area (Å²) in [5.41, 5.74) is 5.37. The third-order valence-electron chi connectivity index (χ3n) is 5.26. The lowest BCUT2D eigenvalue weighted by Crippen LogP contribution is -2.07. The van der Waals surface area contributed by atoms with Gasteiger partial charge in [0.2, 0.25) is 0 Å². The lowest BCUT2D eigenvalue weighted by molar-refractivity contribution is 0.614. The van der Waals surface area contributed by atoms with Crippen LogP contribution < -0.4 is 10.3 Å². The first-order valence-electron chi connectivity index (χ1n) is 9.80. The summed E-state index contributed by atoms with van der Waals surface area (Å²) in [7, 11) is 4.06. The number of aromatic nitrogens is 1. The largest absolute Gasteiger partial charge is 0.453 e. The molecule has 1 aliphatic carbocycles. The first-order chi connectivity index (χ1) is 14.6. The average molecular weight is 392 g/mol. The highest BCUT2D eigenvalue weighted by Crippen LogP contribution is 2.30. The topological polar surface area (TPSA) is 46.3 Å². The predicted octanol–water partition coefficient (Wildman–Crippen LogP) is 5.68. The zero-order chi connectivity index (χ0) is 20.7. The second-order valence-corrected chi connectivity index (χ2v) is 7.53. The van der Waals surface area contributed by atoms with Crippen molar-refractivity contribution < 1.29 is 4.42 Å². The molecule has 30 heavy (non-hydrogen) atoms. The van der Waals surface area contributed by atoms with E-state index >= 15 is 0 Å². The fraction of sp³-hybridized carbons (Fsp3) is 0.0769. The summed E-state index contributed by atoms with van der Waals surface area (Å²) in [6.45, 7) is 0. The molecule has 0 N–H and O–H groups in total. The summed E-state index contributed by atoms with van der Waals surface area (Å²) in [4.78, 5) is 19.3. The molecule has 4 heteroatoms. The fourth-order valence-corrected chi connectivity index (χ4v) is 3.62. The number of anilines is 1. The minimum Gasteiger partial charge on any atom is -0.453 e. The summed E-state index contributed by atoms with van der Waals surface area (Å²) in [5, 5.41) is 1.47. The van der Waals surface area contributed by atoms with E-state index in [1.54, 1.807) is 0 Å². The SMILES string of the molecule is CN(C)c1ccc(/C=C/c2ccc3nc4c5ccccc5c(=O)cc-4oc3c2)cc1. The van der Waals surface area contributed by atoms with Gasteiger partial charge in [0.05, 0.1) is 0 Å². The molecule has 0 spiro atoms. The molecule has 1 heterocycles. The van der Waals surface area contributed by atoms with Gasteiger partial charge in [0.1, 0.15) is 11.2 Å². The molecule has 1 aliphatic heterocycles. The van der Waals surface area contributed by atoms with Crippen molar-refractivity contribution in [3.8, 4) is 11.5 Å². The van der Waals surface area contributed by atoms with Crippen molar-refractivity contribution >= 4 is 39.7 Å². The molecule has 0 radical (unpaired) electrons. The van der Waals surface area contributed by atoms with Gasteiger partial charge in [-0.25, -0.2) is 4.98 Å². The summed E-state index contributed by atoms with van der Waals surface area (Å²) < 4.78 is 6.07. The summed E-state index contributed by atoms with van der Waals surface area (Å²) in [6.07, 6.45) is 4.11. The van der Waals surface area contributed by atoms with Gasteiger partial charge < -0.3 is 9.32 Å². The monoisotopic (exact) mass is 392 g/mol. The molecule has 2 aliphatic rings. The van der Waals surface area contributed by atoms with Crippen LogP contribution >= 0.6 is 0 Å². The van der Waals surface area contributed by atoms with E-state index in [1.807, 2.05) is 62.6 Å². The highest BCUT2D eigenvalue weighted by atomic mass is 16.3. The molecule has 0 unspecified atom stereocenters. The van der Waals surface area contributed by atoms with Crippen molar-refractivity contribution in [1.29, 1.82) is 0 Å². The molecule has 4 nitrogen and oxygen atoms in total. The predicted molar refractivity (Wildman–Crippen MR) is 124 cm³/mol. The Morgan fingerprint density at radius 2 is 1.53 bits per heavy atom. The van der Waals surface area contributed by atoms with Crippen LogP contribution in [-0.2, 0) is 0 Å². The van der Waals surface area contributed by atoms with Crippen LogP contribution in [0.3, 0.4) is 0 Å². The van der Waals surface area contributed by atoms with Crippen LogP contribution in [0.15, 0.2) is 82.0 Å². The Kier molecular flexibility index (Phi) is 4.32. The molecule has 0 atom stereocenters. The van der Waals surface area contributed by atoms with Crippen LogP contribution in [-0.4, -0.2) is 19.1 Å². The minimum atomic E-state index is -0.0554. The van der Waals surface area contributed by atoms with Crippen LogP contribution in [0.5, 0.6) is 0 Å². The highest BCUT2D eigenvalue weighted by Gasteiger charge is 2.15. The number of rotatable bonds is 3. The lowest BCUT2D eigenvalue weighted by Gasteiger charge is -2.11. The van der Waals surface area contributed by atoms with Crippen LogP contribution in [0.1, 0.15) is 11.1 Å². The smallest absolute Gasteiger partial charge is 0.190 e. The third kappa shape index (κ3) is 3.22. The van der Waals surface area contributed by atoms with Crippen LogP contribution in [0.25, 0.3) is 45.5 Å². The lowest BCUT2D eigenvalue weighted by atomic mass is 10.0. The average Bonchev–Trinajstić information content (AvgIpc) is 2.77. The van der Waals surface area contributed by atoms with E-state index in [0.717, 1.165) is 22.0 Å². The second kappa shape index (κ2) is 7.16. The summed E-state index contributed by atoms with van der Waals surface area (Å²) in [6, 6.07) is 23.3. The zero-order valence-corrected chi connectivity index (χ0v) is 16.8. The van der Waals surface area contributed by atoms with E-state index in [1.165, 1.54) is 11.8 Å². The van der Waals surface area contributed by atoms with Gasteiger partial charge in [0, 0.05) is 36.6 Å². The Morgan fingerprint density at radius 3 is 2.30 bits per heavy atom. The summed E-state index contributed by atoms with van der Waals surface area (Å²) in [5.74, 6) is 0.506. The van der Waals surface area contributed by atoms with E-state index in [2.05, 4.69) is 35.2 Å². The maximum Gasteiger partial charge on any atom is 0.190 e. The van der Waals surface area contributed by atoms with Crippen LogP contribution in [0.2, 0.25) is 0 Å². The van der Waals surface area contributed by atoms with Crippen molar-refractivity contribution in [2.45, 2.75) is 0 Å². The quantitative estimate of drug-likeness (QED) is 0.225. The van der Waals surface area contributed by atoms with Gasteiger partial charge in [-0.1, -0.05) is 54.6 Å². The van der Waals surface area contributed by atoms with Gasteiger partial charge in [-0.05, 0) is 35.4 Å². The molecule has 0 saturated carbocycles. The molecule has 3 aromatic rings. The third-order valence-corrected chi connectivity index (χ3v) is 5.26. The normalized spacial score (nSPS) is 11.7. The second-order valence-electron chi connectivity index (χ2n) is 7.53. The summed E-state index contributed by atoms with van der Waals surface area (Å²) >= 11 is 0. The van der Waals surface area contributed by atoms with Crippen LogP contribution in [0, 0.1) is 0 Å². The standard InChI is InChI=1S/C26H20N2O2/c1-28(2)19-12-9-17(10-13-19)7-8-18-11-14-22-24(15-18)30-25-16-23(29)20-5-3-4-6-21(20)26(25)27-22/h3-16H,1-2H3/b8-7+. The van der Waals surface area contributed by atoms with Crippen molar-refractivity contribution in [2.75, 3.05) is 19.0 Å². The van der Waals surface area contributed by atoms with Gasteiger partial charge in [-0.3, -0.25) is 4.79 Å². The molecule has 3 aromatic carbocycles. The molecule has 5 rings (SSSR count). The first kappa shape index (κ1) is 18.1. The van der Waals surface area contributed by atoms with Crippen molar-refractivity contribution in [3.05, 3.63) is 94.1 Å². The molecule has 0 aromatic heterocycles. The van der Waals surface area contributed by atoms with Gasteiger partial charge in [-0.15, -0.1) is 0 Å². The first-order valence-corrected chi connectivity index (χ1v) is 9.80. The fourth-order valence-electron chi connectivity index (χ4n) is 3.62. The number of hydrogen-bond donors (Lipinski definition) is 0. The number of nitrogens with zero attached hydrogens (tertiary/aromatic N) is 2.